The van der Waals surface area contributed by atoms with Crippen molar-refractivity contribution in [2.45, 2.75) is 25.7 Å². The average Bonchev–Trinajstić information content (AvgIpc) is 2.77. The molecule has 0 unspecified atom stereocenters. The molecule has 5 rings (SSSR count). The van der Waals surface area contributed by atoms with E-state index < -0.39 is 0 Å². The summed E-state index contributed by atoms with van der Waals surface area (Å²) in [6.07, 6.45) is 8.24. The third-order valence-corrected chi connectivity index (χ3v) is 5.55. The van der Waals surface area contributed by atoms with E-state index in [4.69, 9.17) is 0 Å². The first kappa shape index (κ1) is 18.2. The Balaban J connectivity index is 1.69. The summed E-state index contributed by atoms with van der Waals surface area (Å²) in [5.41, 5.74) is 4.23. The molecule has 30 heavy (non-hydrogen) atoms. The van der Waals surface area contributed by atoms with Crippen molar-refractivity contribution in [3.8, 4) is 22.8 Å². The van der Waals surface area contributed by atoms with Crippen LogP contribution in [0.15, 0.2) is 55.0 Å². The fourth-order valence-electron chi connectivity index (χ4n) is 4.06. The number of carbonyl (C=O) groups excluding carboxylic acids is 1. The molecular formula is C24H19N3O3. The van der Waals surface area contributed by atoms with E-state index in [0.717, 1.165) is 36.9 Å². The van der Waals surface area contributed by atoms with Gasteiger partial charge in [-0.3, -0.25) is 14.8 Å². The quantitative estimate of drug-likeness (QED) is 0.503. The van der Waals surface area contributed by atoms with E-state index >= 15 is 0 Å². The SMILES string of the molecule is O=C(c1cnc2c(c1)CCCC2)c1cc(-c2c(O)cncc2O)nc2ccccc12. The van der Waals surface area contributed by atoms with Gasteiger partial charge in [0.2, 0.25) is 0 Å². The topological polar surface area (TPSA) is 96.2 Å². The molecule has 148 valence electrons. The second kappa shape index (κ2) is 7.22. The molecule has 3 heterocycles. The van der Waals surface area contributed by atoms with Crippen LogP contribution in [0.2, 0.25) is 0 Å². The highest BCUT2D eigenvalue weighted by Crippen LogP contribution is 2.37. The molecule has 0 saturated carbocycles. The van der Waals surface area contributed by atoms with Gasteiger partial charge >= 0.3 is 0 Å². The number of para-hydroxylation sites is 1. The molecule has 1 aromatic carbocycles. The summed E-state index contributed by atoms with van der Waals surface area (Å²) in [6, 6.07) is 10.9. The van der Waals surface area contributed by atoms with Crippen molar-refractivity contribution in [1.29, 1.82) is 0 Å². The fourth-order valence-corrected chi connectivity index (χ4v) is 4.06. The lowest BCUT2D eigenvalue weighted by atomic mass is 9.92. The minimum absolute atomic E-state index is 0.147. The maximum absolute atomic E-state index is 13.5. The number of pyridine rings is 3. The molecule has 0 spiro atoms. The Morgan fingerprint density at radius 2 is 1.70 bits per heavy atom. The van der Waals surface area contributed by atoms with Crippen LogP contribution in [0, 0.1) is 0 Å². The third-order valence-electron chi connectivity index (χ3n) is 5.55. The van der Waals surface area contributed by atoms with Gasteiger partial charge in [-0.25, -0.2) is 4.98 Å². The van der Waals surface area contributed by atoms with Crippen LogP contribution in [-0.2, 0) is 12.8 Å². The Labute approximate surface area is 172 Å². The summed E-state index contributed by atoms with van der Waals surface area (Å²) in [7, 11) is 0. The van der Waals surface area contributed by atoms with Crippen molar-refractivity contribution < 1.29 is 15.0 Å². The lowest BCUT2D eigenvalue weighted by molar-refractivity contribution is 0.103. The Morgan fingerprint density at radius 1 is 0.933 bits per heavy atom. The third kappa shape index (κ3) is 3.06. The van der Waals surface area contributed by atoms with Gasteiger partial charge in [0.1, 0.15) is 11.5 Å². The largest absolute Gasteiger partial charge is 0.505 e. The zero-order chi connectivity index (χ0) is 20.7. The van der Waals surface area contributed by atoms with Crippen LogP contribution in [-0.4, -0.2) is 30.9 Å². The first-order chi connectivity index (χ1) is 14.6. The molecule has 2 N–H and O–H groups in total. The number of aryl methyl sites for hydroxylation is 2. The molecule has 6 nitrogen and oxygen atoms in total. The molecule has 1 aliphatic rings. The van der Waals surface area contributed by atoms with E-state index in [1.165, 1.54) is 12.4 Å². The summed E-state index contributed by atoms with van der Waals surface area (Å²) in [5.74, 6) is -0.568. The van der Waals surface area contributed by atoms with E-state index in [0.29, 0.717) is 27.7 Å². The molecule has 0 saturated heterocycles. The van der Waals surface area contributed by atoms with Crippen LogP contribution in [0.5, 0.6) is 11.5 Å². The molecule has 6 heteroatoms. The van der Waals surface area contributed by atoms with Gasteiger partial charge in [0, 0.05) is 28.4 Å². The van der Waals surface area contributed by atoms with Crippen molar-refractivity contribution >= 4 is 16.7 Å². The van der Waals surface area contributed by atoms with Crippen molar-refractivity contribution in [2.24, 2.45) is 0 Å². The Hall–Kier alpha value is -3.80. The van der Waals surface area contributed by atoms with Gasteiger partial charge in [-0.05, 0) is 49.4 Å². The number of rotatable bonds is 3. The van der Waals surface area contributed by atoms with Crippen LogP contribution < -0.4 is 0 Å². The van der Waals surface area contributed by atoms with Gasteiger partial charge in [-0.15, -0.1) is 0 Å². The minimum Gasteiger partial charge on any atom is -0.505 e. The lowest BCUT2D eigenvalue weighted by Gasteiger charge is -2.16. The second-order valence-corrected chi connectivity index (χ2v) is 7.49. The zero-order valence-electron chi connectivity index (χ0n) is 16.2. The van der Waals surface area contributed by atoms with E-state index in [-0.39, 0.29) is 22.8 Å². The summed E-state index contributed by atoms with van der Waals surface area (Å²) < 4.78 is 0. The number of aromatic hydroxyl groups is 2. The first-order valence-corrected chi connectivity index (χ1v) is 9.90. The molecular weight excluding hydrogens is 378 g/mol. The Kier molecular flexibility index (Phi) is 4.39. The molecule has 0 amide bonds. The van der Waals surface area contributed by atoms with Crippen molar-refractivity contribution in [3.63, 3.8) is 0 Å². The highest BCUT2D eigenvalue weighted by atomic mass is 16.3. The van der Waals surface area contributed by atoms with Gasteiger partial charge in [0.15, 0.2) is 5.78 Å². The molecule has 0 fully saturated rings. The molecule has 0 atom stereocenters. The summed E-state index contributed by atoms with van der Waals surface area (Å²) >= 11 is 0. The summed E-state index contributed by atoms with van der Waals surface area (Å²) in [4.78, 5) is 26.4. The maximum atomic E-state index is 13.5. The second-order valence-electron chi connectivity index (χ2n) is 7.49. The van der Waals surface area contributed by atoms with E-state index in [1.807, 2.05) is 24.3 Å². The summed E-state index contributed by atoms with van der Waals surface area (Å²) in [5, 5.41) is 21.2. The van der Waals surface area contributed by atoms with E-state index in [9.17, 15) is 15.0 Å². The van der Waals surface area contributed by atoms with Gasteiger partial charge in [-0.2, -0.15) is 0 Å². The van der Waals surface area contributed by atoms with Gasteiger partial charge < -0.3 is 10.2 Å². The molecule has 3 aromatic heterocycles. The number of benzene rings is 1. The van der Waals surface area contributed by atoms with Gasteiger partial charge in [0.25, 0.3) is 0 Å². The number of ketones is 1. The Morgan fingerprint density at radius 3 is 2.53 bits per heavy atom. The first-order valence-electron chi connectivity index (χ1n) is 9.90. The van der Waals surface area contributed by atoms with Crippen molar-refractivity contribution in [1.82, 2.24) is 15.0 Å². The van der Waals surface area contributed by atoms with Crippen molar-refractivity contribution in [2.75, 3.05) is 0 Å². The number of hydrogen-bond acceptors (Lipinski definition) is 6. The number of carbonyl (C=O) groups is 1. The summed E-state index contributed by atoms with van der Waals surface area (Å²) in [6.45, 7) is 0. The van der Waals surface area contributed by atoms with Crippen LogP contribution >= 0.6 is 0 Å². The number of nitrogens with zero attached hydrogens (tertiary/aromatic N) is 3. The lowest BCUT2D eigenvalue weighted by Crippen LogP contribution is -2.10. The molecule has 0 bridgehead atoms. The van der Waals surface area contributed by atoms with Crippen LogP contribution in [0.4, 0.5) is 0 Å². The number of fused-ring (bicyclic) bond motifs is 2. The van der Waals surface area contributed by atoms with E-state index in [2.05, 4.69) is 15.0 Å². The van der Waals surface area contributed by atoms with Crippen LogP contribution in [0.3, 0.4) is 0 Å². The standard InChI is InChI=1S/C24H19N3O3/c28-21-12-25-13-22(29)23(21)20-10-17(16-6-2-4-8-19(16)27-20)24(30)15-9-14-5-1-3-7-18(14)26-11-15/h2,4,6,8-13,28-29H,1,3,5,7H2. The van der Waals surface area contributed by atoms with Crippen LogP contribution in [0.1, 0.15) is 40.0 Å². The average molecular weight is 397 g/mol. The molecule has 0 aliphatic heterocycles. The van der Waals surface area contributed by atoms with Crippen molar-refractivity contribution in [3.05, 3.63) is 77.4 Å². The minimum atomic E-state index is -0.202. The molecule has 4 aromatic rings. The highest BCUT2D eigenvalue weighted by molar-refractivity contribution is 6.16. The van der Waals surface area contributed by atoms with E-state index in [1.54, 1.807) is 18.3 Å². The number of aromatic nitrogens is 3. The smallest absolute Gasteiger partial charge is 0.195 e. The normalized spacial score (nSPS) is 13.2. The zero-order valence-corrected chi connectivity index (χ0v) is 16.2. The predicted octanol–water partition coefficient (Wildman–Crippen LogP) is 4.21. The highest BCUT2D eigenvalue weighted by Gasteiger charge is 2.21. The molecule has 0 radical (unpaired) electrons. The predicted molar refractivity (Wildman–Crippen MR) is 113 cm³/mol. The number of hydrogen-bond donors (Lipinski definition) is 2. The Bertz CT molecular complexity index is 1280. The monoisotopic (exact) mass is 397 g/mol. The maximum Gasteiger partial charge on any atom is 0.195 e. The van der Waals surface area contributed by atoms with Gasteiger partial charge in [0.05, 0.1) is 29.2 Å². The van der Waals surface area contributed by atoms with Crippen LogP contribution in [0.25, 0.3) is 22.2 Å². The fraction of sp³-hybridized carbons (Fsp3) is 0.167. The molecule has 1 aliphatic carbocycles. The van der Waals surface area contributed by atoms with Gasteiger partial charge in [-0.1, -0.05) is 18.2 Å².